The van der Waals surface area contributed by atoms with Gasteiger partial charge in [0.1, 0.15) is 0 Å². The third-order valence-corrected chi connectivity index (χ3v) is 2.10. The molecule has 2 N–H and O–H groups in total. The molecule has 0 bridgehead atoms. The molecular weight excluding hydrogens is 261 g/mol. The molecule has 1 aromatic heterocycles. The first kappa shape index (κ1) is 13.0. The summed E-state index contributed by atoms with van der Waals surface area (Å²) in [6.45, 7) is 0. The minimum Gasteiger partial charge on any atom is -0.451 e. The van der Waals surface area contributed by atoms with Crippen LogP contribution >= 0.6 is 0 Å². The van der Waals surface area contributed by atoms with Gasteiger partial charge in [-0.15, -0.1) is 13.2 Å². The van der Waals surface area contributed by atoms with Crippen LogP contribution in [0.5, 0.6) is 17.2 Å². The number of benzene rings is 1. The quantitative estimate of drug-likeness (QED) is 0.929. The van der Waals surface area contributed by atoms with Crippen molar-refractivity contribution in [1.82, 2.24) is 4.98 Å². The number of hydrogen-bond acceptors (Lipinski definition) is 4. The van der Waals surface area contributed by atoms with Gasteiger partial charge >= 0.3 is 6.36 Å². The predicted molar refractivity (Wildman–Crippen MR) is 61.8 cm³/mol. The molecule has 1 heterocycles. The fourth-order valence-electron chi connectivity index (χ4n) is 1.35. The van der Waals surface area contributed by atoms with Gasteiger partial charge in [-0.05, 0) is 12.1 Å². The molecule has 0 spiro atoms. The van der Waals surface area contributed by atoms with Crippen molar-refractivity contribution in [2.75, 3.05) is 5.73 Å². The summed E-state index contributed by atoms with van der Waals surface area (Å²) in [5, 5.41) is 0. The van der Waals surface area contributed by atoms with Gasteiger partial charge in [-0.2, -0.15) is 0 Å². The predicted octanol–water partition coefficient (Wildman–Crippen LogP) is 3.35. The topological polar surface area (TPSA) is 57.4 Å². The molecule has 4 nitrogen and oxygen atoms in total. The van der Waals surface area contributed by atoms with Gasteiger partial charge in [-0.25, -0.2) is 0 Å². The number of rotatable bonds is 3. The molecule has 0 aliphatic heterocycles. The van der Waals surface area contributed by atoms with Crippen LogP contribution in [0.3, 0.4) is 0 Å². The number of alkyl halides is 3. The van der Waals surface area contributed by atoms with Crippen molar-refractivity contribution in [3.05, 3.63) is 42.7 Å². The normalized spacial score (nSPS) is 11.1. The first-order valence-electron chi connectivity index (χ1n) is 5.18. The Hall–Kier alpha value is -2.44. The molecule has 2 rings (SSSR count). The van der Waals surface area contributed by atoms with Gasteiger partial charge in [0.25, 0.3) is 0 Å². The number of aromatic nitrogens is 1. The highest BCUT2D eigenvalue weighted by molar-refractivity contribution is 5.53. The molecule has 0 aliphatic carbocycles. The van der Waals surface area contributed by atoms with Crippen LogP contribution in [0, 0.1) is 0 Å². The van der Waals surface area contributed by atoms with Crippen LogP contribution in [0.2, 0.25) is 0 Å². The van der Waals surface area contributed by atoms with Gasteiger partial charge in [0.15, 0.2) is 17.2 Å². The van der Waals surface area contributed by atoms with E-state index in [1.807, 2.05) is 0 Å². The number of anilines is 1. The number of halogens is 3. The number of nitrogens with zero attached hydrogens (tertiary/aromatic N) is 1. The van der Waals surface area contributed by atoms with E-state index in [-0.39, 0.29) is 17.2 Å². The molecular formula is C12H9F3N2O2. The molecule has 100 valence electrons. The lowest BCUT2D eigenvalue weighted by atomic mass is 10.3. The Morgan fingerprint density at radius 3 is 2.32 bits per heavy atom. The maximum Gasteiger partial charge on any atom is 0.573 e. The summed E-state index contributed by atoms with van der Waals surface area (Å²) in [7, 11) is 0. The van der Waals surface area contributed by atoms with Crippen LogP contribution in [0.25, 0.3) is 0 Å². The Labute approximate surface area is 106 Å². The van der Waals surface area contributed by atoms with Gasteiger partial charge in [-0.1, -0.05) is 12.1 Å². The average molecular weight is 270 g/mol. The number of pyridine rings is 1. The second kappa shape index (κ2) is 5.05. The van der Waals surface area contributed by atoms with Gasteiger partial charge < -0.3 is 15.2 Å². The summed E-state index contributed by atoms with van der Waals surface area (Å²) < 4.78 is 45.8. The van der Waals surface area contributed by atoms with Gasteiger partial charge in [0.2, 0.25) is 0 Å². The van der Waals surface area contributed by atoms with Crippen LogP contribution in [-0.2, 0) is 0 Å². The summed E-state index contributed by atoms with van der Waals surface area (Å²) >= 11 is 0. The highest BCUT2D eigenvalue weighted by Crippen LogP contribution is 2.36. The highest BCUT2D eigenvalue weighted by Gasteiger charge is 2.32. The number of nitrogen functional groups attached to an aromatic ring is 1. The van der Waals surface area contributed by atoms with Crippen molar-refractivity contribution >= 4 is 5.69 Å². The molecule has 0 amide bonds. The highest BCUT2D eigenvalue weighted by atomic mass is 19.4. The summed E-state index contributed by atoms with van der Waals surface area (Å²) in [5.41, 5.74) is 5.81. The third-order valence-electron chi connectivity index (χ3n) is 2.10. The average Bonchev–Trinajstić information content (AvgIpc) is 2.33. The summed E-state index contributed by atoms with van der Waals surface area (Å²) in [6.07, 6.45) is -2.04. The molecule has 0 fully saturated rings. The smallest absolute Gasteiger partial charge is 0.451 e. The molecule has 0 saturated carbocycles. The molecule has 0 saturated heterocycles. The lowest BCUT2D eigenvalue weighted by Gasteiger charge is -2.14. The Balaban J connectivity index is 2.28. The fraction of sp³-hybridized carbons (Fsp3) is 0.0833. The van der Waals surface area contributed by atoms with Crippen molar-refractivity contribution in [2.24, 2.45) is 0 Å². The number of ether oxygens (including phenoxy) is 2. The Morgan fingerprint density at radius 2 is 1.68 bits per heavy atom. The molecule has 0 aliphatic rings. The van der Waals surface area contributed by atoms with E-state index in [0.717, 1.165) is 6.07 Å². The van der Waals surface area contributed by atoms with E-state index in [9.17, 15) is 13.2 Å². The second-order valence-electron chi connectivity index (χ2n) is 3.51. The molecule has 2 aromatic rings. The maximum absolute atomic E-state index is 12.2. The first-order chi connectivity index (χ1) is 8.96. The lowest BCUT2D eigenvalue weighted by molar-refractivity contribution is -0.275. The van der Waals surface area contributed by atoms with Crippen molar-refractivity contribution in [2.45, 2.75) is 6.36 Å². The van der Waals surface area contributed by atoms with Crippen molar-refractivity contribution in [3.8, 4) is 17.2 Å². The van der Waals surface area contributed by atoms with Crippen LogP contribution in [-0.4, -0.2) is 11.3 Å². The molecule has 1 aromatic carbocycles. The van der Waals surface area contributed by atoms with Crippen LogP contribution in [0.4, 0.5) is 18.9 Å². The second-order valence-corrected chi connectivity index (χ2v) is 3.51. The zero-order valence-corrected chi connectivity index (χ0v) is 9.52. The summed E-state index contributed by atoms with van der Waals surface area (Å²) in [6, 6.07) is 6.88. The SMILES string of the molecule is Nc1cnccc1Oc1ccccc1OC(F)(F)F. The van der Waals surface area contributed by atoms with Crippen LogP contribution in [0.1, 0.15) is 0 Å². The number of nitrogens with two attached hydrogens (primary N) is 1. The number of hydrogen-bond donors (Lipinski definition) is 1. The van der Waals surface area contributed by atoms with Gasteiger partial charge in [0, 0.05) is 12.3 Å². The lowest BCUT2D eigenvalue weighted by Crippen LogP contribution is -2.17. The monoisotopic (exact) mass is 270 g/mol. The van der Waals surface area contributed by atoms with E-state index in [2.05, 4.69) is 9.72 Å². The Bertz CT molecular complexity index is 573. The van der Waals surface area contributed by atoms with Crippen molar-refractivity contribution in [1.29, 1.82) is 0 Å². The summed E-state index contributed by atoms with van der Waals surface area (Å²) in [5.74, 6) is -0.322. The van der Waals surface area contributed by atoms with Crippen LogP contribution in [0.15, 0.2) is 42.7 Å². The maximum atomic E-state index is 12.2. The molecule has 19 heavy (non-hydrogen) atoms. The molecule has 7 heteroatoms. The van der Waals surface area contributed by atoms with E-state index in [4.69, 9.17) is 10.5 Å². The third kappa shape index (κ3) is 3.51. The van der Waals surface area contributed by atoms with Crippen molar-refractivity contribution in [3.63, 3.8) is 0 Å². The first-order valence-corrected chi connectivity index (χ1v) is 5.18. The Morgan fingerprint density at radius 1 is 1.00 bits per heavy atom. The van der Waals surface area contributed by atoms with E-state index in [1.165, 1.54) is 36.7 Å². The molecule has 0 atom stereocenters. The molecule has 0 unspecified atom stereocenters. The van der Waals surface area contributed by atoms with E-state index < -0.39 is 12.1 Å². The largest absolute Gasteiger partial charge is 0.573 e. The molecule has 0 radical (unpaired) electrons. The van der Waals surface area contributed by atoms with E-state index in [1.54, 1.807) is 0 Å². The number of para-hydroxylation sites is 2. The standard InChI is InChI=1S/C12H9F3N2O2/c13-12(14,15)19-11-4-2-1-3-10(11)18-9-5-6-17-7-8(9)16/h1-7H,16H2. The summed E-state index contributed by atoms with van der Waals surface area (Å²) in [4.78, 5) is 3.75. The van der Waals surface area contributed by atoms with Crippen molar-refractivity contribution < 1.29 is 22.6 Å². The minimum atomic E-state index is -4.79. The zero-order chi connectivity index (χ0) is 13.9. The van der Waals surface area contributed by atoms with Gasteiger partial charge in [-0.3, -0.25) is 4.98 Å². The van der Waals surface area contributed by atoms with Crippen LogP contribution < -0.4 is 15.2 Å². The fourth-order valence-corrected chi connectivity index (χ4v) is 1.35. The Kier molecular flexibility index (Phi) is 3.46. The minimum absolute atomic E-state index is 0.0854. The van der Waals surface area contributed by atoms with E-state index >= 15 is 0 Å². The van der Waals surface area contributed by atoms with E-state index in [0.29, 0.717) is 0 Å². The van der Waals surface area contributed by atoms with Gasteiger partial charge in [0.05, 0.1) is 11.9 Å². The zero-order valence-electron chi connectivity index (χ0n) is 9.52.